The molecular weight excluding hydrogens is 390 g/mol. The molecule has 0 bridgehead atoms. The van der Waals surface area contributed by atoms with E-state index >= 15 is 0 Å². The molecule has 3 amide bonds. The van der Waals surface area contributed by atoms with E-state index in [0.29, 0.717) is 41.4 Å². The first-order valence-electron chi connectivity index (χ1n) is 9.43. The molecule has 3 N–H and O–H groups in total. The van der Waals surface area contributed by atoms with Gasteiger partial charge in [0.25, 0.3) is 11.8 Å². The Morgan fingerprint density at radius 3 is 2.34 bits per heavy atom. The number of hydrogen-bond acceptors (Lipinski definition) is 6. The van der Waals surface area contributed by atoms with Gasteiger partial charge in [-0.05, 0) is 52.0 Å². The molecule has 0 radical (unpaired) electrons. The lowest BCUT2D eigenvalue weighted by Gasteiger charge is -2.30. The highest BCUT2D eigenvalue weighted by molar-refractivity contribution is 7.14. The largest absolute Gasteiger partial charge is 0.349 e. The summed E-state index contributed by atoms with van der Waals surface area (Å²) in [6.07, 6.45) is 0.570. The van der Waals surface area contributed by atoms with Gasteiger partial charge in [0.1, 0.15) is 5.69 Å². The summed E-state index contributed by atoms with van der Waals surface area (Å²) in [6.45, 7) is 9.79. The highest BCUT2D eigenvalue weighted by Gasteiger charge is 2.16. The van der Waals surface area contributed by atoms with Crippen molar-refractivity contribution in [3.63, 3.8) is 0 Å². The zero-order chi connectivity index (χ0) is 21.4. The molecule has 0 saturated heterocycles. The van der Waals surface area contributed by atoms with Crippen LogP contribution in [-0.4, -0.2) is 53.3 Å². The number of carbonyl (C=O) groups is 3. The van der Waals surface area contributed by atoms with Crippen molar-refractivity contribution in [1.82, 2.24) is 15.2 Å². The molecule has 0 fully saturated rings. The van der Waals surface area contributed by atoms with E-state index < -0.39 is 0 Å². The Morgan fingerprint density at radius 2 is 1.76 bits per heavy atom. The van der Waals surface area contributed by atoms with Crippen molar-refractivity contribution >= 4 is 40.4 Å². The molecule has 2 aromatic rings. The lowest BCUT2D eigenvalue weighted by Crippen LogP contribution is -2.42. The lowest BCUT2D eigenvalue weighted by molar-refractivity contribution is -0.105. The minimum absolute atomic E-state index is 0.265. The monoisotopic (exact) mass is 417 g/mol. The van der Waals surface area contributed by atoms with Crippen molar-refractivity contribution in [2.75, 3.05) is 23.7 Å². The highest BCUT2D eigenvalue weighted by Crippen LogP contribution is 2.17. The summed E-state index contributed by atoms with van der Waals surface area (Å²) >= 11 is 1.19. The average molecular weight is 418 g/mol. The summed E-state index contributed by atoms with van der Waals surface area (Å²) in [7, 11) is 0. The lowest BCUT2D eigenvalue weighted by atomic mass is 10.2. The predicted octanol–water partition coefficient (Wildman–Crippen LogP) is 2.81. The normalized spacial score (nSPS) is 11.0. The third kappa shape index (κ3) is 6.65. The maximum atomic E-state index is 12.3. The second-order valence-corrected chi connectivity index (χ2v) is 7.87. The third-order valence-electron chi connectivity index (χ3n) is 4.31. The van der Waals surface area contributed by atoms with Crippen molar-refractivity contribution in [3.8, 4) is 0 Å². The number of thiazole rings is 1. The molecule has 156 valence electrons. The van der Waals surface area contributed by atoms with Crippen molar-refractivity contribution in [2.45, 2.75) is 39.8 Å². The number of hydrogen-bond donors (Lipinski definition) is 3. The molecule has 1 aromatic heterocycles. The van der Waals surface area contributed by atoms with E-state index in [9.17, 15) is 14.4 Å². The zero-order valence-electron chi connectivity index (χ0n) is 17.1. The molecule has 1 heterocycles. The minimum Gasteiger partial charge on any atom is -0.349 e. The van der Waals surface area contributed by atoms with Gasteiger partial charge in [0.15, 0.2) is 5.13 Å². The first-order valence-corrected chi connectivity index (χ1v) is 10.3. The molecule has 0 aliphatic carbocycles. The Balaban J connectivity index is 1.88. The Morgan fingerprint density at radius 1 is 1.10 bits per heavy atom. The van der Waals surface area contributed by atoms with Crippen LogP contribution in [0.1, 0.15) is 48.5 Å². The maximum absolute atomic E-state index is 12.3. The van der Waals surface area contributed by atoms with Gasteiger partial charge in [0, 0.05) is 41.8 Å². The highest BCUT2D eigenvalue weighted by atomic mass is 32.1. The van der Waals surface area contributed by atoms with Crippen LogP contribution in [0.5, 0.6) is 0 Å². The molecule has 0 unspecified atom stereocenters. The Hall–Kier alpha value is -2.78. The third-order valence-corrected chi connectivity index (χ3v) is 5.07. The van der Waals surface area contributed by atoms with Crippen molar-refractivity contribution in [3.05, 3.63) is 40.9 Å². The first kappa shape index (κ1) is 22.5. The number of amides is 3. The van der Waals surface area contributed by atoms with Gasteiger partial charge in [0.2, 0.25) is 6.41 Å². The van der Waals surface area contributed by atoms with E-state index in [1.165, 1.54) is 11.3 Å². The van der Waals surface area contributed by atoms with Gasteiger partial charge in [0.05, 0.1) is 0 Å². The molecule has 0 atom stereocenters. The Labute approximate surface area is 174 Å². The van der Waals surface area contributed by atoms with E-state index in [0.717, 1.165) is 6.54 Å². The predicted molar refractivity (Wildman–Crippen MR) is 116 cm³/mol. The van der Waals surface area contributed by atoms with Crippen LogP contribution in [0.4, 0.5) is 10.8 Å². The number of nitrogens with one attached hydrogen (secondary N) is 3. The Kier molecular flexibility index (Phi) is 8.29. The zero-order valence-corrected chi connectivity index (χ0v) is 17.9. The number of anilines is 2. The summed E-state index contributed by atoms with van der Waals surface area (Å²) in [5.74, 6) is -0.605. The summed E-state index contributed by atoms with van der Waals surface area (Å²) in [5.41, 5.74) is 1.29. The van der Waals surface area contributed by atoms with E-state index in [-0.39, 0.29) is 17.5 Å². The van der Waals surface area contributed by atoms with Crippen LogP contribution in [0.15, 0.2) is 29.6 Å². The van der Waals surface area contributed by atoms with E-state index in [1.54, 1.807) is 29.6 Å². The van der Waals surface area contributed by atoms with Gasteiger partial charge in [-0.25, -0.2) is 4.98 Å². The van der Waals surface area contributed by atoms with Gasteiger partial charge < -0.3 is 10.6 Å². The fraction of sp³-hybridized carbons (Fsp3) is 0.400. The number of carbonyl (C=O) groups excluding carboxylic acids is 3. The molecular formula is C20H27N5O3S. The first-order chi connectivity index (χ1) is 13.8. The van der Waals surface area contributed by atoms with Crippen molar-refractivity contribution < 1.29 is 14.4 Å². The summed E-state index contributed by atoms with van der Waals surface area (Å²) < 4.78 is 0. The molecule has 0 aliphatic heterocycles. The van der Waals surface area contributed by atoms with Gasteiger partial charge >= 0.3 is 0 Å². The van der Waals surface area contributed by atoms with Gasteiger partial charge in [-0.15, -0.1) is 11.3 Å². The second-order valence-electron chi connectivity index (χ2n) is 7.01. The summed E-state index contributed by atoms with van der Waals surface area (Å²) in [4.78, 5) is 41.5. The quantitative estimate of drug-likeness (QED) is 0.516. The molecule has 0 spiro atoms. The standard InChI is InChI=1S/C20H27N5O3S/c1-13(2)25(14(3)4)10-9-21-19(28)17-11-29-20(23-17)24-18(27)15-5-7-16(8-6-15)22-12-26/h5-8,11-14H,9-10H2,1-4H3,(H,21,28)(H,22,26)(H,23,24,27). The molecule has 1 aromatic carbocycles. The topological polar surface area (TPSA) is 103 Å². The van der Waals surface area contributed by atoms with Crippen LogP contribution in [0.3, 0.4) is 0 Å². The van der Waals surface area contributed by atoms with Crippen LogP contribution in [0.25, 0.3) is 0 Å². The van der Waals surface area contributed by atoms with E-state index in [1.807, 2.05) is 0 Å². The van der Waals surface area contributed by atoms with Crippen LogP contribution in [-0.2, 0) is 4.79 Å². The Bertz CT molecular complexity index is 825. The molecule has 0 aliphatic rings. The minimum atomic E-state index is -0.339. The number of aromatic nitrogens is 1. The van der Waals surface area contributed by atoms with Gasteiger partial charge in [-0.1, -0.05) is 0 Å². The molecule has 2 rings (SSSR count). The molecule has 8 nitrogen and oxygen atoms in total. The van der Waals surface area contributed by atoms with Crippen LogP contribution >= 0.6 is 11.3 Å². The van der Waals surface area contributed by atoms with Gasteiger partial charge in [-0.3, -0.25) is 24.6 Å². The van der Waals surface area contributed by atoms with E-state index in [4.69, 9.17) is 0 Å². The second kappa shape index (κ2) is 10.7. The summed E-state index contributed by atoms with van der Waals surface area (Å²) in [5, 5.41) is 10.0. The number of rotatable bonds is 10. The van der Waals surface area contributed by atoms with Crippen LogP contribution < -0.4 is 16.0 Å². The molecule has 29 heavy (non-hydrogen) atoms. The van der Waals surface area contributed by atoms with Crippen LogP contribution in [0, 0.1) is 0 Å². The average Bonchev–Trinajstić information content (AvgIpc) is 3.13. The number of benzene rings is 1. The van der Waals surface area contributed by atoms with Crippen LogP contribution in [0.2, 0.25) is 0 Å². The van der Waals surface area contributed by atoms with E-state index in [2.05, 4.69) is 53.5 Å². The molecule has 0 saturated carbocycles. The fourth-order valence-corrected chi connectivity index (χ4v) is 3.58. The molecule has 9 heteroatoms. The number of nitrogens with zero attached hydrogens (tertiary/aromatic N) is 2. The SMILES string of the molecule is CC(C)N(CCNC(=O)c1csc(NC(=O)c2ccc(NC=O)cc2)n1)C(C)C. The maximum Gasteiger partial charge on any atom is 0.270 e. The summed E-state index contributed by atoms with van der Waals surface area (Å²) in [6, 6.07) is 7.24. The fourth-order valence-electron chi connectivity index (χ4n) is 2.89. The van der Waals surface area contributed by atoms with Gasteiger partial charge in [-0.2, -0.15) is 0 Å². The van der Waals surface area contributed by atoms with Crippen molar-refractivity contribution in [2.24, 2.45) is 0 Å². The smallest absolute Gasteiger partial charge is 0.270 e. The van der Waals surface area contributed by atoms with Crippen molar-refractivity contribution in [1.29, 1.82) is 0 Å².